The molecule has 0 N–H and O–H groups in total. The molecule has 0 aromatic carbocycles. The van der Waals surface area contributed by atoms with Gasteiger partial charge in [-0.3, -0.25) is 0 Å². The van der Waals surface area contributed by atoms with E-state index in [1.54, 1.807) is 0 Å². The molecule has 6 nitrogen and oxygen atoms in total. The van der Waals surface area contributed by atoms with Gasteiger partial charge in [0.1, 0.15) is 0 Å². The topological polar surface area (TPSA) is 52.5 Å². The van der Waals surface area contributed by atoms with Crippen molar-refractivity contribution in [2.75, 3.05) is 27.3 Å². The van der Waals surface area contributed by atoms with Gasteiger partial charge in [-0.1, -0.05) is 101 Å². The fraction of sp³-hybridized carbons (Fsp3) is 0.865. The molecular formula is C37H74N2O4Si2. The van der Waals surface area contributed by atoms with Gasteiger partial charge in [-0.2, -0.15) is 5.10 Å². The molecule has 0 unspecified atom stereocenters. The number of hydrazone groups is 1. The Hall–Kier alpha value is -0.776. The van der Waals surface area contributed by atoms with Gasteiger partial charge < -0.3 is 23.3 Å². The zero-order valence-corrected chi connectivity index (χ0v) is 34.2. The van der Waals surface area contributed by atoms with Gasteiger partial charge in [0.2, 0.25) is 0 Å². The third-order valence-electron chi connectivity index (χ3n) is 10.8. The van der Waals surface area contributed by atoms with Gasteiger partial charge >= 0.3 is 0 Å². The minimum Gasteiger partial charge on any atom is -0.413 e. The highest BCUT2D eigenvalue weighted by atomic mass is 28.4. The quantitative estimate of drug-likeness (QED) is 0.0528. The molecule has 45 heavy (non-hydrogen) atoms. The Balaban J connectivity index is 3.20. The minimum absolute atomic E-state index is 0.0928. The maximum absolute atomic E-state index is 7.24. The lowest BCUT2D eigenvalue weighted by molar-refractivity contribution is -0.117. The second kappa shape index (κ2) is 19.3. The highest BCUT2D eigenvalue weighted by Gasteiger charge is 2.44. The Morgan fingerprint density at radius 3 is 1.98 bits per heavy atom. The van der Waals surface area contributed by atoms with Crippen LogP contribution < -0.4 is 0 Å². The third kappa shape index (κ3) is 13.0. The summed E-state index contributed by atoms with van der Waals surface area (Å²) < 4.78 is 26.4. The molecule has 1 heterocycles. The lowest BCUT2D eigenvalue weighted by Gasteiger charge is -2.44. The van der Waals surface area contributed by atoms with E-state index >= 15 is 0 Å². The third-order valence-corrected chi connectivity index (χ3v) is 19.9. The maximum atomic E-state index is 7.24. The lowest BCUT2D eigenvalue weighted by atomic mass is 9.83. The first-order valence-electron chi connectivity index (χ1n) is 18.0. The molecule has 1 fully saturated rings. The largest absolute Gasteiger partial charge is 0.413 e. The van der Waals surface area contributed by atoms with E-state index in [0.717, 1.165) is 37.4 Å². The van der Waals surface area contributed by atoms with Crippen LogP contribution in [0.2, 0.25) is 36.3 Å². The Kier molecular flexibility index (Phi) is 18.1. The predicted molar refractivity (Wildman–Crippen MR) is 200 cm³/mol. The molecular weight excluding hydrogens is 593 g/mol. The lowest BCUT2D eigenvalue weighted by Crippen LogP contribution is -2.49. The standard InChI is InChI=1S/C37H74N2O4Si2/c1-17-21-22-29(6)34(43-45(18-2,19-3)20-4)31(8)33(38-39(13)14)24-23-28(5)27-30(7)35(32(9)36-40-25-26-41-36)42-44(15,16)37(10,11)12/h17,21-22,28-32,34-36H,1,18-20,23-27H2,2-16H3/b22-21-,38-33+/t28-,29-,30-,31-,32+,34-,35+/m0/s1. The van der Waals surface area contributed by atoms with Gasteiger partial charge in [-0.15, -0.1) is 0 Å². The first kappa shape index (κ1) is 42.2. The van der Waals surface area contributed by atoms with Crippen molar-refractivity contribution in [3.05, 3.63) is 24.8 Å². The van der Waals surface area contributed by atoms with E-state index in [9.17, 15) is 0 Å². The number of allylic oxidation sites excluding steroid dienone is 2. The van der Waals surface area contributed by atoms with Crippen LogP contribution in [-0.4, -0.2) is 73.2 Å². The van der Waals surface area contributed by atoms with Crippen molar-refractivity contribution in [2.45, 2.75) is 150 Å². The zero-order chi connectivity index (χ0) is 34.6. The molecule has 1 aliphatic rings. The van der Waals surface area contributed by atoms with E-state index in [0.29, 0.717) is 25.0 Å². The summed E-state index contributed by atoms with van der Waals surface area (Å²) in [6.45, 7) is 35.6. The molecule has 0 spiro atoms. The molecule has 1 rings (SSSR count). The average molecular weight is 667 g/mol. The van der Waals surface area contributed by atoms with Crippen molar-refractivity contribution in [1.82, 2.24) is 5.01 Å². The summed E-state index contributed by atoms with van der Waals surface area (Å²) >= 11 is 0. The fourth-order valence-electron chi connectivity index (χ4n) is 6.51. The Bertz CT molecular complexity index is 898. The van der Waals surface area contributed by atoms with Crippen LogP contribution in [0, 0.1) is 29.6 Å². The van der Waals surface area contributed by atoms with E-state index in [1.165, 1.54) is 5.71 Å². The highest BCUT2D eigenvalue weighted by Crippen LogP contribution is 2.41. The normalized spacial score (nSPS) is 20.6. The molecule has 0 radical (unpaired) electrons. The summed E-state index contributed by atoms with van der Waals surface area (Å²) in [5.41, 5.74) is 1.24. The molecule has 0 aliphatic carbocycles. The second-order valence-electron chi connectivity index (χ2n) is 15.7. The molecule has 0 amide bonds. The summed E-state index contributed by atoms with van der Waals surface area (Å²) in [6.07, 6.45) is 9.33. The fourth-order valence-corrected chi connectivity index (χ4v) is 11.0. The van der Waals surface area contributed by atoms with E-state index in [-0.39, 0.29) is 41.3 Å². The maximum Gasteiger partial charge on any atom is 0.192 e. The highest BCUT2D eigenvalue weighted by molar-refractivity contribution is 6.74. The summed E-state index contributed by atoms with van der Waals surface area (Å²) in [4.78, 5) is 0. The van der Waals surface area contributed by atoms with Crippen LogP contribution in [0.4, 0.5) is 0 Å². The average Bonchev–Trinajstić information content (AvgIpc) is 3.51. The van der Waals surface area contributed by atoms with Gasteiger partial charge in [-0.05, 0) is 73.3 Å². The smallest absolute Gasteiger partial charge is 0.192 e. The Morgan fingerprint density at radius 1 is 0.956 bits per heavy atom. The SMILES string of the molecule is C=C/C=C\[C@H](C)[C@H](O[Si](CC)(CC)CC)[C@@H](C)/C(CC[C@H](C)C[C@H](C)[C@@H](O[Si](C)(C)C(C)(C)C)[C@@H](C)C1OCCO1)=N/N(C)C. The minimum atomic E-state index is -1.99. The van der Waals surface area contributed by atoms with Crippen molar-refractivity contribution in [3.63, 3.8) is 0 Å². The zero-order valence-electron chi connectivity index (χ0n) is 32.2. The molecule has 0 aromatic heterocycles. The van der Waals surface area contributed by atoms with Gasteiger partial charge in [0.25, 0.3) is 0 Å². The van der Waals surface area contributed by atoms with Crippen LogP contribution in [0.1, 0.15) is 95.4 Å². The van der Waals surface area contributed by atoms with Gasteiger partial charge in [0.05, 0.1) is 25.4 Å². The van der Waals surface area contributed by atoms with Crippen molar-refractivity contribution < 1.29 is 18.3 Å². The van der Waals surface area contributed by atoms with Crippen molar-refractivity contribution in [1.29, 1.82) is 0 Å². The molecule has 1 saturated heterocycles. The van der Waals surface area contributed by atoms with E-state index in [4.69, 9.17) is 23.4 Å². The van der Waals surface area contributed by atoms with Crippen LogP contribution in [-0.2, 0) is 18.3 Å². The molecule has 1 aliphatic heterocycles. The Morgan fingerprint density at radius 2 is 1.51 bits per heavy atom. The number of nitrogens with zero attached hydrogens (tertiary/aromatic N) is 2. The number of ether oxygens (including phenoxy) is 2. The van der Waals surface area contributed by atoms with Crippen LogP contribution in [0.25, 0.3) is 0 Å². The van der Waals surface area contributed by atoms with Gasteiger partial charge in [0.15, 0.2) is 22.9 Å². The van der Waals surface area contributed by atoms with Crippen molar-refractivity contribution >= 4 is 22.3 Å². The number of hydrogen-bond donors (Lipinski definition) is 0. The molecule has 7 atom stereocenters. The van der Waals surface area contributed by atoms with Crippen LogP contribution in [0.15, 0.2) is 29.9 Å². The number of hydrogen-bond acceptors (Lipinski definition) is 6. The molecule has 0 bridgehead atoms. The monoisotopic (exact) mass is 667 g/mol. The summed E-state index contributed by atoms with van der Waals surface area (Å²) in [7, 11) is 0.263. The van der Waals surface area contributed by atoms with Gasteiger partial charge in [0, 0.05) is 31.6 Å². The van der Waals surface area contributed by atoms with Crippen molar-refractivity contribution in [3.8, 4) is 0 Å². The number of rotatable bonds is 21. The van der Waals surface area contributed by atoms with Crippen LogP contribution >= 0.6 is 0 Å². The van der Waals surface area contributed by atoms with E-state index in [2.05, 4.69) is 108 Å². The second-order valence-corrected chi connectivity index (χ2v) is 25.2. The summed E-state index contributed by atoms with van der Waals surface area (Å²) in [5.74, 6) is 1.57. The molecule has 264 valence electrons. The predicted octanol–water partition coefficient (Wildman–Crippen LogP) is 10.2. The van der Waals surface area contributed by atoms with Crippen LogP contribution in [0.5, 0.6) is 0 Å². The summed E-state index contributed by atoms with van der Waals surface area (Å²) in [5, 5.41) is 7.21. The summed E-state index contributed by atoms with van der Waals surface area (Å²) in [6, 6.07) is 3.43. The Labute approximate surface area is 282 Å². The van der Waals surface area contributed by atoms with E-state index in [1.807, 2.05) is 25.2 Å². The van der Waals surface area contributed by atoms with E-state index < -0.39 is 16.6 Å². The first-order chi connectivity index (χ1) is 20.9. The van der Waals surface area contributed by atoms with Crippen LogP contribution in [0.3, 0.4) is 0 Å². The molecule has 0 saturated carbocycles. The van der Waals surface area contributed by atoms with Crippen molar-refractivity contribution in [2.24, 2.45) is 34.7 Å². The molecule has 8 heteroatoms. The molecule has 0 aromatic rings. The van der Waals surface area contributed by atoms with Gasteiger partial charge in [-0.25, -0.2) is 0 Å². The first-order valence-corrected chi connectivity index (χ1v) is 23.4.